The number of aromatic amines is 1. The van der Waals surface area contributed by atoms with Crippen molar-refractivity contribution >= 4 is 21.7 Å². The summed E-state index contributed by atoms with van der Waals surface area (Å²) in [5.41, 5.74) is 8.48. The van der Waals surface area contributed by atoms with Gasteiger partial charge in [-0.2, -0.15) is 5.10 Å². The van der Waals surface area contributed by atoms with E-state index in [1.165, 1.54) is 6.33 Å². The second-order valence-electron chi connectivity index (χ2n) is 3.81. The molecule has 2 aliphatic rings. The summed E-state index contributed by atoms with van der Waals surface area (Å²) in [5, 5.41) is 7.74. The molecule has 0 unspecified atom stereocenters. The highest BCUT2D eigenvalue weighted by Gasteiger charge is 2.16. The van der Waals surface area contributed by atoms with E-state index in [2.05, 4.69) is 41.1 Å². The zero-order chi connectivity index (χ0) is 12.5. The van der Waals surface area contributed by atoms with Gasteiger partial charge in [0.05, 0.1) is 24.8 Å². The molecular weight excluding hydrogens is 298 g/mol. The summed E-state index contributed by atoms with van der Waals surface area (Å²) in [5.74, 6) is 1.11. The summed E-state index contributed by atoms with van der Waals surface area (Å²) >= 11 is 3.42. The van der Waals surface area contributed by atoms with E-state index in [9.17, 15) is 0 Å². The van der Waals surface area contributed by atoms with Crippen LogP contribution in [0.4, 0.5) is 5.82 Å². The first-order valence-electron chi connectivity index (χ1n) is 5.28. The van der Waals surface area contributed by atoms with Gasteiger partial charge in [0, 0.05) is 10.9 Å². The van der Waals surface area contributed by atoms with Gasteiger partial charge in [0.1, 0.15) is 12.0 Å². The van der Waals surface area contributed by atoms with Crippen LogP contribution in [-0.2, 0) is 11.9 Å². The lowest BCUT2D eigenvalue weighted by Crippen LogP contribution is -2.10. The third-order valence-corrected chi connectivity index (χ3v) is 3.31. The van der Waals surface area contributed by atoms with Crippen molar-refractivity contribution in [1.29, 1.82) is 0 Å². The fourth-order valence-electron chi connectivity index (χ4n) is 1.77. The van der Waals surface area contributed by atoms with Crippen molar-refractivity contribution in [1.82, 2.24) is 29.7 Å². The lowest BCUT2D eigenvalue weighted by molar-refractivity contribution is 0.735. The average Bonchev–Trinajstić information content (AvgIpc) is 3.01. The molecule has 3 N–H and O–H groups in total. The van der Waals surface area contributed by atoms with Crippen LogP contribution < -0.4 is 5.73 Å². The minimum atomic E-state index is 0.393. The number of fused-ring (bicyclic) bond motifs is 1. The van der Waals surface area contributed by atoms with Gasteiger partial charge in [0.15, 0.2) is 11.6 Å². The number of halogens is 1. The summed E-state index contributed by atoms with van der Waals surface area (Å²) < 4.78 is 1.89. The highest BCUT2D eigenvalue weighted by atomic mass is 79.9. The summed E-state index contributed by atoms with van der Waals surface area (Å²) in [6, 6.07) is 0. The number of nitrogen functional groups attached to an aromatic ring is 1. The quantitative estimate of drug-likeness (QED) is 0.704. The van der Waals surface area contributed by atoms with E-state index in [-0.39, 0.29) is 0 Å². The fourth-order valence-corrected chi connectivity index (χ4v) is 2.26. The van der Waals surface area contributed by atoms with Crippen molar-refractivity contribution in [3.63, 3.8) is 0 Å². The molecule has 0 radical (unpaired) electrons. The molecule has 0 bridgehead atoms. The Hall–Kier alpha value is -1.96. The van der Waals surface area contributed by atoms with Crippen molar-refractivity contribution < 1.29 is 0 Å². The topological polar surface area (TPSA) is 98.3 Å². The van der Waals surface area contributed by atoms with Crippen LogP contribution in [0.2, 0.25) is 0 Å². The van der Waals surface area contributed by atoms with Crippen LogP contribution in [0.25, 0.3) is 11.5 Å². The Morgan fingerprint density at radius 2 is 2.22 bits per heavy atom. The van der Waals surface area contributed by atoms with E-state index in [1.54, 1.807) is 12.5 Å². The van der Waals surface area contributed by atoms with E-state index in [4.69, 9.17) is 5.73 Å². The van der Waals surface area contributed by atoms with E-state index < -0.39 is 0 Å². The molecule has 3 heterocycles. The number of aromatic nitrogens is 6. The lowest BCUT2D eigenvalue weighted by atomic mass is 10.2. The van der Waals surface area contributed by atoms with Gasteiger partial charge in [0.2, 0.25) is 0 Å². The van der Waals surface area contributed by atoms with Crippen LogP contribution in [0.5, 0.6) is 0 Å². The molecule has 0 saturated carbocycles. The molecule has 3 rings (SSSR count). The molecule has 18 heavy (non-hydrogen) atoms. The Morgan fingerprint density at radius 3 is 3.06 bits per heavy atom. The minimum Gasteiger partial charge on any atom is -0.382 e. The maximum absolute atomic E-state index is 5.74. The van der Waals surface area contributed by atoms with Crippen LogP contribution in [0, 0.1) is 0 Å². The standard InChI is InChI=1S/C10H10BrN7/c11-1-6-2-16-17-7(6)3-18-5-15-9(12)8-10(18)14-4-13-8/h2,4-5H,1,3,12H2,(H,16,17). The van der Waals surface area contributed by atoms with E-state index in [0.717, 1.165) is 22.4 Å². The number of alkyl halides is 1. The fraction of sp³-hybridized carbons (Fsp3) is 0.200. The number of anilines is 1. The molecule has 0 amide bonds. The van der Waals surface area contributed by atoms with E-state index in [1.807, 2.05) is 4.57 Å². The number of imidazole rings is 1. The number of nitrogens with zero attached hydrogens (tertiary/aromatic N) is 5. The van der Waals surface area contributed by atoms with Gasteiger partial charge in [0.25, 0.3) is 0 Å². The molecule has 92 valence electrons. The maximum Gasteiger partial charge on any atom is 0.165 e. The molecule has 1 aromatic rings. The van der Waals surface area contributed by atoms with Crippen molar-refractivity contribution in [2.24, 2.45) is 0 Å². The zero-order valence-corrected chi connectivity index (χ0v) is 10.9. The van der Waals surface area contributed by atoms with Crippen LogP contribution in [0.3, 0.4) is 0 Å². The molecule has 7 nitrogen and oxygen atoms in total. The Kier molecular flexibility index (Phi) is 2.71. The lowest BCUT2D eigenvalue weighted by Gasteiger charge is -2.10. The van der Waals surface area contributed by atoms with Crippen molar-refractivity contribution in [2.45, 2.75) is 11.9 Å². The number of hydrogen-bond acceptors (Lipinski definition) is 5. The van der Waals surface area contributed by atoms with Gasteiger partial charge in [-0.15, -0.1) is 0 Å². The molecule has 8 heteroatoms. The van der Waals surface area contributed by atoms with Crippen molar-refractivity contribution in [3.05, 3.63) is 30.1 Å². The molecule has 0 spiro atoms. The monoisotopic (exact) mass is 307 g/mol. The predicted octanol–water partition coefficient (Wildman–Crippen LogP) is 1.03. The molecule has 0 saturated heterocycles. The number of rotatable bonds is 3. The first-order valence-corrected chi connectivity index (χ1v) is 6.40. The predicted molar refractivity (Wildman–Crippen MR) is 69.2 cm³/mol. The smallest absolute Gasteiger partial charge is 0.165 e. The second-order valence-corrected chi connectivity index (χ2v) is 4.37. The third kappa shape index (κ3) is 1.74. The molecule has 1 aromatic heterocycles. The SMILES string of the molecule is Nc1ncn(Cc2[nH]ncc2CBr)c2ncnc1-2. The Morgan fingerprint density at radius 1 is 1.33 bits per heavy atom. The van der Waals surface area contributed by atoms with E-state index in [0.29, 0.717) is 18.1 Å². The Labute approximate surface area is 111 Å². The first-order chi connectivity index (χ1) is 8.79. The van der Waals surface area contributed by atoms with Gasteiger partial charge in [-0.3, -0.25) is 5.10 Å². The molecule has 0 aliphatic carbocycles. The molecule has 0 fully saturated rings. The highest BCUT2D eigenvalue weighted by Crippen LogP contribution is 2.22. The summed E-state index contributed by atoms with van der Waals surface area (Å²) in [7, 11) is 0. The molecule has 0 aromatic carbocycles. The summed E-state index contributed by atoms with van der Waals surface area (Å²) in [4.78, 5) is 12.4. The minimum absolute atomic E-state index is 0.393. The van der Waals surface area contributed by atoms with Crippen molar-refractivity contribution in [3.8, 4) is 11.5 Å². The van der Waals surface area contributed by atoms with Gasteiger partial charge in [-0.05, 0) is 0 Å². The number of hydrogen-bond donors (Lipinski definition) is 2. The zero-order valence-electron chi connectivity index (χ0n) is 9.34. The number of H-pyrrole nitrogens is 1. The average molecular weight is 308 g/mol. The Balaban J connectivity index is 2.01. The Bertz CT molecular complexity index is 644. The van der Waals surface area contributed by atoms with Gasteiger partial charge in [-0.1, -0.05) is 15.9 Å². The molecule has 0 atom stereocenters. The van der Waals surface area contributed by atoms with Crippen LogP contribution in [-0.4, -0.2) is 29.7 Å². The highest BCUT2D eigenvalue weighted by molar-refractivity contribution is 9.08. The van der Waals surface area contributed by atoms with Crippen molar-refractivity contribution in [2.75, 3.05) is 5.73 Å². The first kappa shape index (κ1) is 11.1. The van der Waals surface area contributed by atoms with Crippen LogP contribution in [0.15, 0.2) is 18.9 Å². The molecule has 2 aliphatic heterocycles. The molecular formula is C10H10BrN7. The van der Waals surface area contributed by atoms with Gasteiger partial charge >= 0.3 is 0 Å². The second kappa shape index (κ2) is 4.37. The van der Waals surface area contributed by atoms with Crippen LogP contribution >= 0.6 is 15.9 Å². The normalized spacial score (nSPS) is 11.2. The summed E-state index contributed by atoms with van der Waals surface area (Å²) in [6.45, 7) is 0.601. The number of nitrogens with two attached hydrogens (primary N) is 1. The van der Waals surface area contributed by atoms with E-state index >= 15 is 0 Å². The third-order valence-electron chi connectivity index (χ3n) is 2.71. The van der Waals surface area contributed by atoms with Crippen LogP contribution in [0.1, 0.15) is 11.3 Å². The largest absolute Gasteiger partial charge is 0.382 e. The number of nitrogens with one attached hydrogen (secondary N) is 1. The van der Waals surface area contributed by atoms with Gasteiger partial charge < -0.3 is 10.3 Å². The maximum atomic E-state index is 5.74. The summed E-state index contributed by atoms with van der Waals surface area (Å²) in [6.07, 6.45) is 4.94. The van der Waals surface area contributed by atoms with Gasteiger partial charge in [-0.25, -0.2) is 15.0 Å².